The average molecular weight is 232 g/mol. The summed E-state index contributed by atoms with van der Waals surface area (Å²) in [6.07, 6.45) is 1.97. The van der Waals surface area contributed by atoms with Crippen LogP contribution >= 0.6 is 12.4 Å². The van der Waals surface area contributed by atoms with Crippen molar-refractivity contribution in [1.29, 1.82) is 0 Å². The summed E-state index contributed by atoms with van der Waals surface area (Å²) in [6.45, 7) is 5.77. The van der Waals surface area contributed by atoms with Crippen molar-refractivity contribution in [3.05, 3.63) is 17.5 Å². The number of aryl methyl sites for hydroxylation is 1. The molecular formula is C10H18ClN3O. The van der Waals surface area contributed by atoms with Gasteiger partial charge in [-0.2, -0.15) is 5.10 Å². The van der Waals surface area contributed by atoms with E-state index in [2.05, 4.69) is 22.0 Å². The number of hydrogen-bond acceptors (Lipinski definition) is 3. The lowest BCUT2D eigenvalue weighted by Gasteiger charge is -2.24. The van der Waals surface area contributed by atoms with E-state index < -0.39 is 0 Å². The number of hydrogen-bond donors (Lipinski definition) is 1. The van der Waals surface area contributed by atoms with Gasteiger partial charge in [-0.3, -0.25) is 4.68 Å². The Morgan fingerprint density at radius 3 is 3.13 bits per heavy atom. The van der Waals surface area contributed by atoms with Gasteiger partial charge in [0.25, 0.3) is 0 Å². The first kappa shape index (κ1) is 12.5. The molecule has 2 rings (SSSR count). The topological polar surface area (TPSA) is 39.1 Å². The Kier molecular flexibility index (Phi) is 4.57. The third-order valence-electron chi connectivity index (χ3n) is 2.72. The highest BCUT2D eigenvalue weighted by Gasteiger charge is 2.23. The second-order valence-corrected chi connectivity index (χ2v) is 3.65. The minimum atomic E-state index is 0. The van der Waals surface area contributed by atoms with Crippen molar-refractivity contribution in [2.45, 2.75) is 25.9 Å². The molecule has 1 aromatic heterocycles. The van der Waals surface area contributed by atoms with Crippen LogP contribution in [-0.2, 0) is 17.8 Å². The number of nitrogens with zero attached hydrogens (tertiary/aromatic N) is 2. The fraction of sp³-hybridized carbons (Fsp3) is 0.700. The molecule has 0 bridgehead atoms. The van der Waals surface area contributed by atoms with Crippen LogP contribution in [0.15, 0.2) is 6.20 Å². The van der Waals surface area contributed by atoms with Gasteiger partial charge in [-0.05, 0) is 6.92 Å². The molecule has 0 spiro atoms. The zero-order valence-electron chi connectivity index (χ0n) is 9.19. The predicted octanol–water partition coefficient (Wildman–Crippen LogP) is 1.16. The maximum Gasteiger partial charge on any atom is 0.0558 e. The maximum atomic E-state index is 5.23. The average Bonchev–Trinajstić information content (AvgIpc) is 2.62. The lowest BCUT2D eigenvalue weighted by atomic mass is 9.99. The zero-order chi connectivity index (χ0) is 9.97. The quantitative estimate of drug-likeness (QED) is 0.849. The highest BCUT2D eigenvalue weighted by molar-refractivity contribution is 5.85. The Balaban J connectivity index is 0.00000112. The van der Waals surface area contributed by atoms with E-state index in [0.29, 0.717) is 5.92 Å². The molecule has 1 N–H and O–H groups in total. The Hall–Kier alpha value is -0.580. The second kappa shape index (κ2) is 5.49. The summed E-state index contributed by atoms with van der Waals surface area (Å²) in [5.74, 6) is 0.450. The lowest BCUT2D eigenvalue weighted by molar-refractivity contribution is 0.171. The molecule has 86 valence electrons. The van der Waals surface area contributed by atoms with Gasteiger partial charge in [-0.25, -0.2) is 0 Å². The standard InChI is InChI=1S/C10H17N3O.ClH/c1-3-13-10-8(6-12-13)4-11-5-9(10)7-14-2;/h6,9,11H,3-5,7H2,1-2H3;1H. The molecule has 0 aromatic carbocycles. The van der Waals surface area contributed by atoms with Crippen LogP contribution < -0.4 is 5.32 Å². The summed E-state index contributed by atoms with van der Waals surface area (Å²) in [6, 6.07) is 0. The maximum absolute atomic E-state index is 5.23. The molecule has 1 aliphatic heterocycles. The van der Waals surface area contributed by atoms with E-state index in [1.165, 1.54) is 11.3 Å². The molecule has 5 heteroatoms. The first-order chi connectivity index (χ1) is 6.86. The van der Waals surface area contributed by atoms with Gasteiger partial charge in [-0.1, -0.05) is 0 Å². The van der Waals surface area contributed by atoms with Crippen LogP contribution in [0.3, 0.4) is 0 Å². The van der Waals surface area contributed by atoms with Crippen LogP contribution in [-0.4, -0.2) is 30.0 Å². The van der Waals surface area contributed by atoms with Gasteiger partial charge < -0.3 is 10.1 Å². The van der Waals surface area contributed by atoms with Crippen LogP contribution in [0.5, 0.6) is 0 Å². The summed E-state index contributed by atoms with van der Waals surface area (Å²) in [4.78, 5) is 0. The summed E-state index contributed by atoms with van der Waals surface area (Å²) in [5.41, 5.74) is 2.67. The first-order valence-electron chi connectivity index (χ1n) is 5.11. The fourth-order valence-corrected chi connectivity index (χ4v) is 2.11. The van der Waals surface area contributed by atoms with Crippen molar-refractivity contribution in [2.24, 2.45) is 0 Å². The molecule has 0 saturated carbocycles. The molecule has 1 atom stereocenters. The van der Waals surface area contributed by atoms with E-state index in [-0.39, 0.29) is 12.4 Å². The van der Waals surface area contributed by atoms with Crippen LogP contribution in [0.25, 0.3) is 0 Å². The van der Waals surface area contributed by atoms with Gasteiger partial charge in [0.15, 0.2) is 0 Å². The number of nitrogens with one attached hydrogen (secondary N) is 1. The highest BCUT2D eigenvalue weighted by Crippen LogP contribution is 2.23. The van der Waals surface area contributed by atoms with Crippen molar-refractivity contribution in [1.82, 2.24) is 15.1 Å². The predicted molar refractivity (Wildman–Crippen MR) is 61.5 cm³/mol. The molecule has 0 amide bonds. The number of methoxy groups -OCH3 is 1. The molecule has 1 aromatic rings. The van der Waals surface area contributed by atoms with Gasteiger partial charge in [0.2, 0.25) is 0 Å². The van der Waals surface area contributed by atoms with E-state index in [0.717, 1.165) is 26.2 Å². The SMILES string of the molecule is CCn1ncc2c1C(COC)CNC2.Cl. The first-order valence-corrected chi connectivity index (χ1v) is 5.11. The molecule has 15 heavy (non-hydrogen) atoms. The van der Waals surface area contributed by atoms with E-state index in [1.807, 2.05) is 6.20 Å². The van der Waals surface area contributed by atoms with E-state index in [9.17, 15) is 0 Å². The lowest BCUT2D eigenvalue weighted by Crippen LogP contribution is -2.31. The number of fused-ring (bicyclic) bond motifs is 1. The highest BCUT2D eigenvalue weighted by atomic mass is 35.5. The Bertz CT molecular complexity index is 300. The second-order valence-electron chi connectivity index (χ2n) is 3.65. The third-order valence-corrected chi connectivity index (χ3v) is 2.72. The van der Waals surface area contributed by atoms with Crippen LogP contribution in [0.2, 0.25) is 0 Å². The van der Waals surface area contributed by atoms with Gasteiger partial charge in [0.1, 0.15) is 0 Å². The van der Waals surface area contributed by atoms with Gasteiger partial charge in [-0.15, -0.1) is 12.4 Å². The summed E-state index contributed by atoms with van der Waals surface area (Å²) < 4.78 is 7.31. The van der Waals surface area contributed by atoms with E-state index in [4.69, 9.17) is 4.74 Å². The minimum absolute atomic E-state index is 0. The molecule has 0 radical (unpaired) electrons. The van der Waals surface area contributed by atoms with Gasteiger partial charge in [0, 0.05) is 43.9 Å². The Morgan fingerprint density at radius 1 is 1.67 bits per heavy atom. The molecule has 4 nitrogen and oxygen atoms in total. The van der Waals surface area contributed by atoms with E-state index >= 15 is 0 Å². The molecule has 0 aliphatic carbocycles. The van der Waals surface area contributed by atoms with Gasteiger partial charge in [0.05, 0.1) is 12.8 Å². The fourth-order valence-electron chi connectivity index (χ4n) is 2.11. The third kappa shape index (κ3) is 2.33. The van der Waals surface area contributed by atoms with Crippen molar-refractivity contribution < 1.29 is 4.74 Å². The monoisotopic (exact) mass is 231 g/mol. The van der Waals surface area contributed by atoms with Crippen LogP contribution in [0.4, 0.5) is 0 Å². The number of ether oxygens (including phenoxy) is 1. The molecule has 1 aliphatic rings. The summed E-state index contributed by atoms with van der Waals surface area (Å²) in [7, 11) is 1.75. The normalized spacial score (nSPS) is 19.5. The number of rotatable bonds is 3. The van der Waals surface area contributed by atoms with Crippen molar-refractivity contribution in [3.8, 4) is 0 Å². The van der Waals surface area contributed by atoms with Crippen molar-refractivity contribution in [2.75, 3.05) is 20.3 Å². The Labute approximate surface area is 96.4 Å². The number of halogens is 1. The van der Waals surface area contributed by atoms with Crippen molar-refractivity contribution >= 4 is 12.4 Å². The molecule has 2 heterocycles. The minimum Gasteiger partial charge on any atom is -0.384 e. The summed E-state index contributed by atoms with van der Waals surface area (Å²) in [5, 5.41) is 7.75. The molecule has 0 fully saturated rings. The number of aromatic nitrogens is 2. The zero-order valence-corrected chi connectivity index (χ0v) is 10.0. The molecular weight excluding hydrogens is 214 g/mol. The molecule has 0 saturated heterocycles. The summed E-state index contributed by atoms with van der Waals surface area (Å²) >= 11 is 0. The molecule has 1 unspecified atom stereocenters. The largest absolute Gasteiger partial charge is 0.384 e. The van der Waals surface area contributed by atoms with Gasteiger partial charge >= 0.3 is 0 Å². The van der Waals surface area contributed by atoms with E-state index in [1.54, 1.807) is 7.11 Å². The smallest absolute Gasteiger partial charge is 0.0558 e. The van der Waals surface area contributed by atoms with Crippen LogP contribution in [0, 0.1) is 0 Å². The Morgan fingerprint density at radius 2 is 2.47 bits per heavy atom. The van der Waals surface area contributed by atoms with Crippen LogP contribution in [0.1, 0.15) is 24.1 Å². The van der Waals surface area contributed by atoms with Crippen molar-refractivity contribution in [3.63, 3.8) is 0 Å².